The number of ether oxygens (including phenoxy) is 1. The van der Waals surface area contributed by atoms with E-state index in [4.69, 9.17) is 10.5 Å². The maximum absolute atomic E-state index is 12.6. The van der Waals surface area contributed by atoms with Gasteiger partial charge in [0.1, 0.15) is 11.2 Å². The standard InChI is InChI=1S/C19H24N4O4/c1-21-17(25)14-7-19(18(20)26,16-12-9-27-10-13(12)16)22-23(14)15(8-24)11-5-3-2-4-6-11/h2-7,12-13,15-16,22,24H,8-10H2,1H3,(H2,20,26)(H,21,25)/t12-,13+,15-,16?,19?/m0/s1. The van der Waals surface area contributed by atoms with E-state index in [1.165, 1.54) is 7.05 Å². The van der Waals surface area contributed by atoms with E-state index in [-0.39, 0.29) is 36.0 Å². The second-order valence-electron chi connectivity index (χ2n) is 7.32. The van der Waals surface area contributed by atoms with Crippen LogP contribution < -0.4 is 16.5 Å². The summed E-state index contributed by atoms with van der Waals surface area (Å²) in [6.07, 6.45) is 1.63. The van der Waals surface area contributed by atoms with Gasteiger partial charge in [-0.05, 0) is 23.5 Å². The summed E-state index contributed by atoms with van der Waals surface area (Å²) in [6.45, 7) is 0.954. The number of primary amides is 1. The second-order valence-corrected chi connectivity index (χ2v) is 7.32. The predicted molar refractivity (Wildman–Crippen MR) is 96.6 cm³/mol. The normalized spacial score (nSPS) is 32.6. The number of nitrogens with two attached hydrogens (primary N) is 1. The summed E-state index contributed by atoms with van der Waals surface area (Å²) in [7, 11) is 1.53. The van der Waals surface area contributed by atoms with Crippen LogP contribution in [0.5, 0.6) is 0 Å². The van der Waals surface area contributed by atoms with Crippen LogP contribution in [0.4, 0.5) is 0 Å². The van der Waals surface area contributed by atoms with Gasteiger partial charge in [0.2, 0.25) is 5.91 Å². The second kappa shape index (κ2) is 6.63. The molecule has 2 aliphatic heterocycles. The molecule has 5 atom stereocenters. The Labute approximate surface area is 157 Å². The molecule has 1 saturated carbocycles. The van der Waals surface area contributed by atoms with E-state index < -0.39 is 17.5 Å². The topological polar surface area (TPSA) is 117 Å². The number of carbonyl (C=O) groups is 2. The highest BCUT2D eigenvalue weighted by molar-refractivity contribution is 5.97. The van der Waals surface area contributed by atoms with Crippen molar-refractivity contribution < 1.29 is 19.4 Å². The highest BCUT2D eigenvalue weighted by Crippen LogP contribution is 2.58. The lowest BCUT2D eigenvalue weighted by Crippen LogP contribution is -2.59. The molecule has 0 spiro atoms. The third kappa shape index (κ3) is 2.72. The summed E-state index contributed by atoms with van der Waals surface area (Å²) >= 11 is 0. The maximum Gasteiger partial charge on any atom is 0.268 e. The number of likely N-dealkylation sites (N-methyl/N-ethyl adjacent to an activating group) is 1. The Bertz CT molecular complexity index is 773. The van der Waals surface area contributed by atoms with Crippen molar-refractivity contribution in [3.05, 3.63) is 47.7 Å². The number of nitrogens with zero attached hydrogens (tertiary/aromatic N) is 1. The molecule has 144 valence electrons. The minimum absolute atomic E-state index is 0.0245. The van der Waals surface area contributed by atoms with Gasteiger partial charge < -0.3 is 20.9 Å². The highest BCUT2D eigenvalue weighted by Gasteiger charge is 2.67. The first-order chi connectivity index (χ1) is 13.0. The molecule has 2 fully saturated rings. The number of rotatable bonds is 6. The van der Waals surface area contributed by atoms with Crippen LogP contribution in [0.25, 0.3) is 0 Å². The lowest BCUT2D eigenvalue weighted by Gasteiger charge is -2.35. The number of hydrazine groups is 1. The molecule has 4 rings (SSSR count). The van der Waals surface area contributed by atoms with Crippen LogP contribution in [-0.2, 0) is 14.3 Å². The summed E-state index contributed by atoms with van der Waals surface area (Å²) in [5.41, 5.74) is 8.95. The summed E-state index contributed by atoms with van der Waals surface area (Å²) < 4.78 is 5.45. The van der Waals surface area contributed by atoms with E-state index in [0.717, 1.165) is 5.56 Å². The molecule has 2 heterocycles. The van der Waals surface area contributed by atoms with Gasteiger partial charge in [0.05, 0.1) is 25.9 Å². The number of nitrogens with one attached hydrogen (secondary N) is 2. The summed E-state index contributed by atoms with van der Waals surface area (Å²) in [5, 5.41) is 14.2. The van der Waals surface area contributed by atoms with Gasteiger partial charge in [-0.2, -0.15) is 0 Å². The molecule has 0 bridgehead atoms. The molecule has 2 amide bonds. The molecule has 1 aromatic carbocycles. The number of hydrogen-bond donors (Lipinski definition) is 4. The van der Waals surface area contributed by atoms with E-state index in [0.29, 0.717) is 13.2 Å². The quantitative estimate of drug-likeness (QED) is 0.524. The maximum atomic E-state index is 12.6. The van der Waals surface area contributed by atoms with Gasteiger partial charge in [0.25, 0.3) is 5.91 Å². The molecular weight excluding hydrogens is 348 g/mol. The van der Waals surface area contributed by atoms with Crippen molar-refractivity contribution in [2.45, 2.75) is 11.6 Å². The van der Waals surface area contributed by atoms with Gasteiger partial charge in [-0.1, -0.05) is 30.3 Å². The van der Waals surface area contributed by atoms with Gasteiger partial charge in [0, 0.05) is 13.0 Å². The van der Waals surface area contributed by atoms with Crippen molar-refractivity contribution in [1.82, 2.24) is 15.8 Å². The third-order valence-electron chi connectivity index (χ3n) is 5.94. The zero-order chi connectivity index (χ0) is 19.2. The fourth-order valence-corrected chi connectivity index (χ4v) is 4.51. The Balaban J connectivity index is 1.73. The van der Waals surface area contributed by atoms with Crippen molar-refractivity contribution in [3.63, 3.8) is 0 Å². The van der Waals surface area contributed by atoms with Gasteiger partial charge >= 0.3 is 0 Å². The number of fused-ring (bicyclic) bond motifs is 1. The average molecular weight is 372 g/mol. The number of aliphatic hydroxyl groups excluding tert-OH is 1. The highest BCUT2D eigenvalue weighted by atomic mass is 16.5. The molecule has 0 radical (unpaired) electrons. The molecule has 8 nitrogen and oxygen atoms in total. The van der Waals surface area contributed by atoms with Crippen LogP contribution in [-0.4, -0.2) is 54.3 Å². The van der Waals surface area contributed by atoms with E-state index in [2.05, 4.69) is 10.7 Å². The minimum atomic E-state index is -1.16. The van der Waals surface area contributed by atoms with Crippen LogP contribution in [0.1, 0.15) is 11.6 Å². The number of benzene rings is 1. The van der Waals surface area contributed by atoms with Gasteiger partial charge in [-0.15, -0.1) is 0 Å². The van der Waals surface area contributed by atoms with Crippen molar-refractivity contribution in [1.29, 1.82) is 0 Å². The van der Waals surface area contributed by atoms with E-state index in [9.17, 15) is 14.7 Å². The zero-order valence-corrected chi connectivity index (χ0v) is 15.1. The molecule has 1 aliphatic carbocycles. The smallest absolute Gasteiger partial charge is 0.268 e. The number of carbonyl (C=O) groups excluding carboxylic acids is 2. The zero-order valence-electron chi connectivity index (χ0n) is 15.1. The Morgan fingerprint density at radius 3 is 2.59 bits per heavy atom. The Morgan fingerprint density at radius 1 is 1.37 bits per heavy atom. The number of aliphatic hydroxyl groups is 1. The molecular formula is C19H24N4O4. The number of amides is 2. The van der Waals surface area contributed by atoms with Crippen LogP contribution in [0.2, 0.25) is 0 Å². The van der Waals surface area contributed by atoms with Crippen LogP contribution >= 0.6 is 0 Å². The van der Waals surface area contributed by atoms with Crippen molar-refractivity contribution in [2.24, 2.45) is 23.5 Å². The minimum Gasteiger partial charge on any atom is -0.394 e. The SMILES string of the molecule is CNC(=O)C1=CC(C(N)=O)(C2[C@H]3COC[C@@H]23)NN1[C@@H](CO)c1ccccc1. The van der Waals surface area contributed by atoms with Crippen LogP contribution in [0.3, 0.4) is 0 Å². The monoisotopic (exact) mass is 372 g/mol. The summed E-state index contributed by atoms with van der Waals surface area (Å²) in [5.74, 6) is -0.408. The van der Waals surface area contributed by atoms with Crippen molar-refractivity contribution >= 4 is 11.8 Å². The van der Waals surface area contributed by atoms with Crippen LogP contribution in [0, 0.1) is 17.8 Å². The predicted octanol–water partition coefficient (Wildman–Crippen LogP) is -0.713. The Kier molecular flexibility index (Phi) is 4.41. The Morgan fingerprint density at radius 2 is 2.04 bits per heavy atom. The first-order valence-electron chi connectivity index (χ1n) is 9.09. The van der Waals surface area contributed by atoms with Gasteiger partial charge in [0.15, 0.2) is 0 Å². The fraction of sp³-hybridized carbons (Fsp3) is 0.474. The summed E-state index contributed by atoms with van der Waals surface area (Å²) in [6, 6.07) is 8.81. The first kappa shape index (κ1) is 18.0. The van der Waals surface area contributed by atoms with Gasteiger partial charge in [-0.3, -0.25) is 14.6 Å². The first-order valence-corrected chi connectivity index (χ1v) is 9.09. The summed E-state index contributed by atoms with van der Waals surface area (Å²) in [4.78, 5) is 25.1. The van der Waals surface area contributed by atoms with Crippen molar-refractivity contribution in [3.8, 4) is 0 Å². The molecule has 5 N–H and O–H groups in total. The molecule has 3 aliphatic rings. The van der Waals surface area contributed by atoms with E-state index >= 15 is 0 Å². The van der Waals surface area contributed by atoms with Crippen molar-refractivity contribution in [2.75, 3.05) is 26.9 Å². The molecule has 1 aromatic rings. The van der Waals surface area contributed by atoms with E-state index in [1.54, 1.807) is 11.1 Å². The fourth-order valence-electron chi connectivity index (χ4n) is 4.51. The lowest BCUT2D eigenvalue weighted by molar-refractivity contribution is -0.126. The third-order valence-corrected chi connectivity index (χ3v) is 5.94. The Hall–Kier alpha value is -2.42. The lowest BCUT2D eigenvalue weighted by atomic mass is 9.90. The molecule has 2 unspecified atom stereocenters. The largest absolute Gasteiger partial charge is 0.394 e. The molecule has 1 saturated heterocycles. The van der Waals surface area contributed by atoms with Crippen LogP contribution in [0.15, 0.2) is 42.1 Å². The molecule has 27 heavy (non-hydrogen) atoms. The average Bonchev–Trinajstić information content (AvgIpc) is 3.03. The number of hydrogen-bond acceptors (Lipinski definition) is 6. The van der Waals surface area contributed by atoms with E-state index in [1.807, 2.05) is 30.3 Å². The molecule has 8 heteroatoms. The molecule has 0 aromatic heterocycles. The van der Waals surface area contributed by atoms with Gasteiger partial charge in [-0.25, -0.2) is 5.43 Å².